The molecule has 1 aromatic heterocycles. The highest BCUT2D eigenvalue weighted by Gasteiger charge is 2.32. The molecule has 23 heavy (non-hydrogen) atoms. The Hall–Kier alpha value is -1.70. The van der Waals surface area contributed by atoms with Crippen LogP contribution in [0.3, 0.4) is 0 Å². The first-order valence-corrected chi connectivity index (χ1v) is 7.46. The standard InChI is InChI=1S/C13H12Cl3N3O4/c1-22-8-4-2-7(3-5-8)6-9(17-12(20)21)10-18-11(23-19-10)13(14,15)16/h2-5,9,17H,6H2,1H3,(H,20,21). The van der Waals surface area contributed by atoms with Crippen molar-refractivity contribution in [2.24, 2.45) is 0 Å². The molecule has 0 saturated carbocycles. The van der Waals surface area contributed by atoms with Crippen LogP contribution >= 0.6 is 34.8 Å². The maximum Gasteiger partial charge on any atom is 0.405 e. The number of carbonyl (C=O) groups is 1. The van der Waals surface area contributed by atoms with Crippen LogP contribution in [0.15, 0.2) is 28.8 Å². The van der Waals surface area contributed by atoms with Gasteiger partial charge in [0.2, 0.25) is 0 Å². The molecule has 10 heteroatoms. The molecule has 0 radical (unpaired) electrons. The molecule has 0 bridgehead atoms. The number of nitrogens with zero attached hydrogens (tertiary/aromatic N) is 2. The molecule has 2 rings (SSSR count). The summed E-state index contributed by atoms with van der Waals surface area (Å²) in [6, 6.07) is 6.36. The predicted octanol–water partition coefficient (Wildman–Crippen LogP) is 3.46. The monoisotopic (exact) mass is 379 g/mol. The van der Waals surface area contributed by atoms with Gasteiger partial charge in [-0.25, -0.2) is 4.79 Å². The maximum atomic E-state index is 11.0. The molecule has 0 aliphatic rings. The van der Waals surface area contributed by atoms with Gasteiger partial charge in [0.05, 0.1) is 13.2 Å². The Labute approximate surface area is 146 Å². The highest BCUT2D eigenvalue weighted by Crippen LogP contribution is 2.37. The van der Waals surface area contributed by atoms with E-state index in [-0.39, 0.29) is 18.1 Å². The fourth-order valence-electron chi connectivity index (χ4n) is 1.84. The number of rotatable bonds is 5. The van der Waals surface area contributed by atoms with Crippen molar-refractivity contribution in [3.8, 4) is 5.75 Å². The zero-order valence-corrected chi connectivity index (χ0v) is 14.1. The van der Waals surface area contributed by atoms with Crippen molar-refractivity contribution < 1.29 is 19.2 Å². The quantitative estimate of drug-likeness (QED) is 0.771. The van der Waals surface area contributed by atoms with Crippen molar-refractivity contribution in [3.05, 3.63) is 41.5 Å². The summed E-state index contributed by atoms with van der Waals surface area (Å²) in [4.78, 5) is 14.9. The number of benzene rings is 1. The molecule has 1 amide bonds. The second-order valence-corrected chi connectivity index (χ2v) is 6.79. The minimum absolute atomic E-state index is 0.0737. The molecule has 1 unspecified atom stereocenters. The Kier molecular flexibility index (Phi) is 5.56. The lowest BCUT2D eigenvalue weighted by Crippen LogP contribution is -2.29. The summed E-state index contributed by atoms with van der Waals surface area (Å²) in [5, 5.41) is 15.0. The molecule has 2 aromatic rings. The second-order valence-electron chi connectivity index (χ2n) is 4.51. The molecule has 0 fully saturated rings. The minimum Gasteiger partial charge on any atom is -0.497 e. The maximum absolute atomic E-state index is 11.0. The van der Waals surface area contributed by atoms with Crippen molar-refractivity contribution in [2.75, 3.05) is 7.11 Å². The van der Waals surface area contributed by atoms with Gasteiger partial charge in [0.25, 0.3) is 9.68 Å². The van der Waals surface area contributed by atoms with Crippen LogP contribution in [0.4, 0.5) is 4.79 Å². The molecule has 7 nitrogen and oxygen atoms in total. The van der Waals surface area contributed by atoms with E-state index in [0.717, 1.165) is 5.56 Å². The third kappa shape index (κ3) is 4.89. The Morgan fingerprint density at radius 2 is 2.04 bits per heavy atom. The van der Waals surface area contributed by atoms with E-state index in [1.165, 1.54) is 0 Å². The minimum atomic E-state index is -1.88. The van der Waals surface area contributed by atoms with Crippen molar-refractivity contribution in [1.29, 1.82) is 0 Å². The normalized spacial score (nSPS) is 12.7. The molecule has 0 aliphatic carbocycles. The van der Waals surface area contributed by atoms with Gasteiger partial charge in [0.15, 0.2) is 5.82 Å². The van der Waals surface area contributed by atoms with Crippen molar-refractivity contribution in [3.63, 3.8) is 0 Å². The van der Waals surface area contributed by atoms with E-state index in [1.807, 2.05) is 0 Å². The molecule has 1 atom stereocenters. The number of amides is 1. The molecular weight excluding hydrogens is 369 g/mol. The van der Waals surface area contributed by atoms with E-state index >= 15 is 0 Å². The van der Waals surface area contributed by atoms with Gasteiger partial charge in [0, 0.05) is 6.42 Å². The molecular formula is C13H12Cl3N3O4. The summed E-state index contributed by atoms with van der Waals surface area (Å²) >= 11 is 17.0. The van der Waals surface area contributed by atoms with Gasteiger partial charge in [0.1, 0.15) is 5.75 Å². The number of halogens is 3. The SMILES string of the molecule is COc1ccc(CC(NC(=O)O)c2noc(C(Cl)(Cl)Cl)n2)cc1. The fraction of sp³-hybridized carbons (Fsp3) is 0.308. The van der Waals surface area contributed by atoms with Gasteiger partial charge in [-0.15, -0.1) is 0 Å². The van der Waals surface area contributed by atoms with Crippen molar-refractivity contribution in [1.82, 2.24) is 15.5 Å². The summed E-state index contributed by atoms with van der Waals surface area (Å²) < 4.78 is 8.05. The number of methoxy groups -OCH3 is 1. The average Bonchev–Trinajstić information content (AvgIpc) is 2.97. The highest BCUT2D eigenvalue weighted by molar-refractivity contribution is 6.66. The van der Waals surface area contributed by atoms with E-state index in [0.29, 0.717) is 5.75 Å². The smallest absolute Gasteiger partial charge is 0.405 e. The number of carboxylic acid groups (broad SMARTS) is 1. The first kappa shape index (κ1) is 17.7. The van der Waals surface area contributed by atoms with Gasteiger partial charge in [-0.2, -0.15) is 4.98 Å². The highest BCUT2D eigenvalue weighted by atomic mass is 35.6. The van der Waals surface area contributed by atoms with E-state index in [1.54, 1.807) is 31.4 Å². The molecule has 0 aliphatic heterocycles. The third-order valence-electron chi connectivity index (χ3n) is 2.89. The summed E-state index contributed by atoms with van der Waals surface area (Å²) in [7, 11) is 1.56. The van der Waals surface area contributed by atoms with Crippen LogP contribution in [0.1, 0.15) is 23.3 Å². The number of hydrogen-bond donors (Lipinski definition) is 2. The first-order chi connectivity index (χ1) is 10.8. The fourth-order valence-corrected chi connectivity index (χ4v) is 2.08. The number of aromatic nitrogens is 2. The summed E-state index contributed by atoms with van der Waals surface area (Å²) in [6.07, 6.45) is -0.946. The summed E-state index contributed by atoms with van der Waals surface area (Å²) in [6.45, 7) is 0. The van der Waals surface area contributed by atoms with E-state index in [2.05, 4.69) is 15.5 Å². The topological polar surface area (TPSA) is 97.5 Å². The lowest BCUT2D eigenvalue weighted by Gasteiger charge is -2.13. The van der Waals surface area contributed by atoms with E-state index in [4.69, 9.17) is 49.2 Å². The van der Waals surface area contributed by atoms with Crippen molar-refractivity contribution in [2.45, 2.75) is 16.3 Å². The van der Waals surface area contributed by atoms with Crippen LogP contribution in [-0.4, -0.2) is 28.5 Å². The largest absolute Gasteiger partial charge is 0.497 e. The zero-order chi connectivity index (χ0) is 17.0. The number of hydrogen-bond acceptors (Lipinski definition) is 5. The van der Waals surface area contributed by atoms with Crippen LogP contribution in [0.25, 0.3) is 0 Å². The van der Waals surface area contributed by atoms with Gasteiger partial charge < -0.3 is 19.7 Å². The summed E-state index contributed by atoms with van der Waals surface area (Å²) in [5.41, 5.74) is 0.838. The summed E-state index contributed by atoms with van der Waals surface area (Å²) in [5.74, 6) is 0.531. The molecule has 0 saturated heterocycles. The molecule has 2 N–H and O–H groups in total. The Balaban J connectivity index is 2.22. The molecule has 124 valence electrons. The Morgan fingerprint density at radius 3 is 2.52 bits per heavy atom. The van der Waals surface area contributed by atoms with E-state index in [9.17, 15) is 4.79 Å². The van der Waals surface area contributed by atoms with Crippen molar-refractivity contribution >= 4 is 40.9 Å². The molecule has 0 spiro atoms. The van der Waals surface area contributed by atoms with E-state index < -0.39 is 15.9 Å². The van der Waals surface area contributed by atoms with Gasteiger partial charge in [-0.05, 0) is 17.7 Å². The third-order valence-corrected chi connectivity index (χ3v) is 3.38. The second kappa shape index (κ2) is 7.25. The Morgan fingerprint density at radius 1 is 1.39 bits per heavy atom. The lowest BCUT2D eigenvalue weighted by molar-refractivity contribution is 0.189. The van der Waals surface area contributed by atoms with Crippen LogP contribution in [0, 0.1) is 0 Å². The number of alkyl halides is 3. The van der Waals surface area contributed by atoms with Crippen LogP contribution < -0.4 is 10.1 Å². The molecule has 1 aromatic carbocycles. The van der Waals surface area contributed by atoms with Crippen LogP contribution in [0.5, 0.6) is 5.75 Å². The van der Waals surface area contributed by atoms with Gasteiger partial charge in [-0.3, -0.25) is 0 Å². The predicted molar refractivity (Wildman–Crippen MR) is 84.1 cm³/mol. The zero-order valence-electron chi connectivity index (χ0n) is 11.8. The van der Waals surface area contributed by atoms with Gasteiger partial charge in [-0.1, -0.05) is 52.1 Å². The first-order valence-electron chi connectivity index (χ1n) is 6.33. The average molecular weight is 381 g/mol. The number of nitrogens with one attached hydrogen (secondary N) is 1. The van der Waals surface area contributed by atoms with Crippen LogP contribution in [-0.2, 0) is 10.2 Å². The van der Waals surface area contributed by atoms with Gasteiger partial charge >= 0.3 is 6.09 Å². The Bertz CT molecular complexity index is 670. The molecule has 1 heterocycles. The number of ether oxygens (including phenoxy) is 1. The van der Waals surface area contributed by atoms with Crippen LogP contribution in [0.2, 0.25) is 0 Å². The lowest BCUT2D eigenvalue weighted by atomic mass is 10.1.